The molecule has 1 aromatic carbocycles. The van der Waals surface area contributed by atoms with E-state index in [0.717, 1.165) is 24.9 Å². The second kappa shape index (κ2) is 7.60. The van der Waals surface area contributed by atoms with Crippen molar-refractivity contribution in [3.05, 3.63) is 24.3 Å². The van der Waals surface area contributed by atoms with Gasteiger partial charge in [-0.05, 0) is 51.8 Å². The van der Waals surface area contributed by atoms with Crippen LogP contribution in [0, 0.1) is 0 Å². The minimum Gasteiger partial charge on any atom is -0.393 e. The minimum absolute atomic E-state index is 0.0452. The lowest BCUT2D eigenvalue weighted by atomic mass is 10.0. The Morgan fingerprint density at radius 3 is 2.57 bits per heavy atom. The van der Waals surface area contributed by atoms with Gasteiger partial charge in [-0.15, -0.1) is 0 Å². The topological polar surface area (TPSA) is 39.6 Å². The number of piperidine rings is 1. The smallest absolute Gasteiger partial charge is 0.186 e. The van der Waals surface area contributed by atoms with E-state index in [1.807, 2.05) is 11.3 Å². The first-order chi connectivity index (χ1) is 11.1. The van der Waals surface area contributed by atoms with Crippen LogP contribution in [0.15, 0.2) is 24.3 Å². The van der Waals surface area contributed by atoms with Crippen LogP contribution in [-0.4, -0.2) is 53.8 Å². The third kappa shape index (κ3) is 4.22. The molecule has 2 fully saturated rings. The molecule has 2 aliphatic heterocycles. The maximum atomic E-state index is 9.17. The lowest BCUT2D eigenvalue weighted by molar-refractivity contribution is 0.0624. The highest BCUT2D eigenvalue weighted by molar-refractivity contribution is 7.22. The quantitative estimate of drug-likeness (QED) is 0.869. The van der Waals surface area contributed by atoms with Gasteiger partial charge >= 0.3 is 0 Å². The molecule has 2 saturated heterocycles. The normalized spacial score (nSPS) is 25.4. The second-order valence-electron chi connectivity index (χ2n) is 6.67. The molecule has 5 heteroatoms. The fourth-order valence-corrected chi connectivity index (χ4v) is 4.19. The Morgan fingerprint density at radius 1 is 1.17 bits per heavy atom. The monoisotopic (exact) mass is 333 g/mol. The van der Waals surface area contributed by atoms with Gasteiger partial charge in [0, 0.05) is 25.7 Å². The molecule has 2 aliphatic rings. The summed E-state index contributed by atoms with van der Waals surface area (Å²) in [6, 6.07) is 8.93. The molecule has 2 aromatic rings. The van der Waals surface area contributed by atoms with Gasteiger partial charge in [0.1, 0.15) is 0 Å². The molecule has 2 atom stereocenters. The van der Waals surface area contributed by atoms with Gasteiger partial charge in [0.05, 0.1) is 16.3 Å². The van der Waals surface area contributed by atoms with Crippen LogP contribution in [0.2, 0.25) is 0 Å². The van der Waals surface area contributed by atoms with Gasteiger partial charge in [-0.1, -0.05) is 23.5 Å². The van der Waals surface area contributed by atoms with Gasteiger partial charge in [0.15, 0.2) is 5.13 Å². The van der Waals surface area contributed by atoms with Crippen LogP contribution in [0.1, 0.15) is 32.6 Å². The molecule has 0 radical (unpaired) electrons. The fraction of sp³-hybridized carbons (Fsp3) is 0.611. The number of aliphatic hydroxyl groups excluding tert-OH is 1. The van der Waals surface area contributed by atoms with Crippen LogP contribution in [0.3, 0.4) is 0 Å². The average Bonchev–Trinajstić information content (AvgIpc) is 3.20. The first-order valence-electron chi connectivity index (χ1n) is 8.62. The van der Waals surface area contributed by atoms with Gasteiger partial charge in [-0.25, -0.2) is 4.98 Å². The highest BCUT2D eigenvalue weighted by Gasteiger charge is 2.20. The van der Waals surface area contributed by atoms with Gasteiger partial charge in [0.2, 0.25) is 0 Å². The summed E-state index contributed by atoms with van der Waals surface area (Å²) in [5.41, 5.74) is 1.14. The van der Waals surface area contributed by atoms with Gasteiger partial charge in [0.25, 0.3) is 0 Å². The predicted octanol–water partition coefficient (Wildman–Crippen LogP) is 3.36. The Labute approximate surface area is 142 Å². The molecular formula is C18H27N3OS. The van der Waals surface area contributed by atoms with E-state index in [2.05, 4.69) is 53.0 Å². The van der Waals surface area contributed by atoms with E-state index in [4.69, 9.17) is 0 Å². The predicted molar refractivity (Wildman–Crippen MR) is 98.4 cm³/mol. The molecule has 0 bridgehead atoms. The van der Waals surface area contributed by atoms with Crippen molar-refractivity contribution in [1.82, 2.24) is 9.88 Å². The largest absolute Gasteiger partial charge is 0.393 e. The van der Waals surface area contributed by atoms with Gasteiger partial charge in [-0.3, -0.25) is 0 Å². The van der Waals surface area contributed by atoms with Crippen LogP contribution in [0.5, 0.6) is 0 Å². The van der Waals surface area contributed by atoms with Crippen LogP contribution < -0.4 is 4.90 Å². The van der Waals surface area contributed by atoms with E-state index in [1.54, 1.807) is 0 Å². The zero-order valence-electron chi connectivity index (χ0n) is 14.1. The van der Waals surface area contributed by atoms with Crippen LogP contribution in [-0.2, 0) is 0 Å². The molecule has 0 amide bonds. The molecule has 1 aromatic heterocycles. The minimum atomic E-state index is -0.0452. The maximum absolute atomic E-state index is 9.17. The molecule has 3 heterocycles. The number of aliphatic hydroxyl groups is 1. The van der Waals surface area contributed by atoms with Crippen LogP contribution in [0.4, 0.5) is 5.13 Å². The molecule has 0 spiro atoms. The summed E-state index contributed by atoms with van der Waals surface area (Å²) >= 11 is 1.81. The number of thiazole rings is 1. The van der Waals surface area contributed by atoms with Crippen molar-refractivity contribution >= 4 is 26.7 Å². The standard InChI is InChI=1S/C11H12N2S.C7H15NO/c1-2-6-10-9(5-1)12-11(14-10)13-7-3-4-8-13;1-6-5-7(9)3-4-8(6)2/h1-2,5-6H,3-4,7-8H2;6-7,9H,3-5H2,1-2H3. The zero-order chi connectivity index (χ0) is 16.2. The molecule has 0 saturated carbocycles. The van der Waals surface area contributed by atoms with Crippen molar-refractivity contribution < 1.29 is 5.11 Å². The van der Waals surface area contributed by atoms with Crippen molar-refractivity contribution in [1.29, 1.82) is 0 Å². The Morgan fingerprint density at radius 2 is 1.91 bits per heavy atom. The van der Waals surface area contributed by atoms with Crippen molar-refractivity contribution in [2.45, 2.75) is 44.8 Å². The van der Waals surface area contributed by atoms with E-state index < -0.39 is 0 Å². The first kappa shape index (κ1) is 16.7. The summed E-state index contributed by atoms with van der Waals surface area (Å²) in [4.78, 5) is 9.32. The van der Waals surface area contributed by atoms with E-state index in [-0.39, 0.29) is 6.10 Å². The molecule has 4 nitrogen and oxygen atoms in total. The lowest BCUT2D eigenvalue weighted by Gasteiger charge is -2.32. The lowest BCUT2D eigenvalue weighted by Crippen LogP contribution is -2.39. The van der Waals surface area contributed by atoms with Crippen molar-refractivity contribution in [3.8, 4) is 0 Å². The number of hydrogen-bond donors (Lipinski definition) is 1. The van der Waals surface area contributed by atoms with Gasteiger partial charge < -0.3 is 14.9 Å². The van der Waals surface area contributed by atoms with E-state index in [9.17, 15) is 5.11 Å². The molecule has 4 rings (SSSR count). The summed E-state index contributed by atoms with van der Waals surface area (Å²) in [6.45, 7) is 5.56. The number of aromatic nitrogens is 1. The zero-order valence-corrected chi connectivity index (χ0v) is 14.9. The van der Waals surface area contributed by atoms with E-state index in [1.165, 1.54) is 35.8 Å². The SMILES string of the molecule is CC1CC(O)CCN1C.c1ccc2sc(N3CCCC3)nc2c1. The van der Waals surface area contributed by atoms with Gasteiger partial charge in [-0.2, -0.15) is 0 Å². The number of anilines is 1. The Hall–Kier alpha value is -1.17. The number of likely N-dealkylation sites (tertiary alicyclic amines) is 1. The van der Waals surface area contributed by atoms with Crippen LogP contribution in [0.25, 0.3) is 10.2 Å². The molecule has 0 aliphatic carbocycles. The summed E-state index contributed by atoms with van der Waals surface area (Å²) in [7, 11) is 2.11. The number of nitrogens with zero attached hydrogens (tertiary/aromatic N) is 3. The third-order valence-corrected chi connectivity index (χ3v) is 5.94. The summed E-state index contributed by atoms with van der Waals surface area (Å²) in [6.07, 6.45) is 4.47. The number of rotatable bonds is 1. The summed E-state index contributed by atoms with van der Waals surface area (Å²) in [5.74, 6) is 0. The van der Waals surface area contributed by atoms with E-state index >= 15 is 0 Å². The Kier molecular flexibility index (Phi) is 5.51. The van der Waals surface area contributed by atoms with Crippen LogP contribution >= 0.6 is 11.3 Å². The summed E-state index contributed by atoms with van der Waals surface area (Å²) in [5, 5.41) is 10.4. The number of para-hydroxylation sites is 1. The van der Waals surface area contributed by atoms with Crippen molar-refractivity contribution in [2.75, 3.05) is 31.6 Å². The Balaban J connectivity index is 0.000000151. The van der Waals surface area contributed by atoms with E-state index in [0.29, 0.717) is 6.04 Å². The maximum Gasteiger partial charge on any atom is 0.186 e. The number of benzene rings is 1. The molecule has 1 N–H and O–H groups in total. The number of fused-ring (bicyclic) bond motifs is 1. The molecule has 23 heavy (non-hydrogen) atoms. The number of hydrogen-bond acceptors (Lipinski definition) is 5. The van der Waals surface area contributed by atoms with Crippen molar-refractivity contribution in [3.63, 3.8) is 0 Å². The average molecular weight is 334 g/mol. The molecule has 2 unspecified atom stereocenters. The molecular weight excluding hydrogens is 306 g/mol. The molecule has 126 valence electrons. The highest BCUT2D eigenvalue weighted by atomic mass is 32.1. The highest BCUT2D eigenvalue weighted by Crippen LogP contribution is 2.30. The fourth-order valence-electron chi connectivity index (χ4n) is 3.17. The Bertz CT molecular complexity index is 591. The third-order valence-electron chi connectivity index (χ3n) is 4.84. The second-order valence-corrected chi connectivity index (χ2v) is 7.68. The summed E-state index contributed by atoms with van der Waals surface area (Å²) < 4.78 is 1.30. The first-order valence-corrected chi connectivity index (χ1v) is 9.44. The van der Waals surface area contributed by atoms with Crippen molar-refractivity contribution in [2.24, 2.45) is 0 Å².